The molecule has 0 spiro atoms. The van der Waals surface area contributed by atoms with E-state index in [1.54, 1.807) is 6.92 Å². The van der Waals surface area contributed by atoms with Crippen LogP contribution in [0.3, 0.4) is 0 Å². The first-order chi connectivity index (χ1) is 8.02. The van der Waals surface area contributed by atoms with Crippen LogP contribution >= 0.6 is 27.3 Å². The lowest BCUT2D eigenvalue weighted by atomic mass is 10.4. The maximum Gasteiger partial charge on any atom is 0.323 e. The monoisotopic (exact) mass is 320 g/mol. The van der Waals surface area contributed by atoms with E-state index in [1.807, 2.05) is 12.1 Å². The van der Waals surface area contributed by atoms with Crippen molar-refractivity contribution in [3.63, 3.8) is 0 Å². The maximum atomic E-state index is 11.6. The van der Waals surface area contributed by atoms with E-state index in [1.165, 1.54) is 16.2 Å². The van der Waals surface area contributed by atoms with Crippen molar-refractivity contribution in [1.29, 1.82) is 0 Å². The summed E-state index contributed by atoms with van der Waals surface area (Å²) >= 11 is 4.86. The van der Waals surface area contributed by atoms with Gasteiger partial charge in [0.15, 0.2) is 0 Å². The molecule has 1 rings (SSSR count). The quantitative estimate of drug-likeness (QED) is 0.873. The molecule has 1 aromatic heterocycles. The fraction of sp³-hybridized carbons (Fsp3) is 0.400. The molecule has 0 unspecified atom stereocenters. The summed E-state index contributed by atoms with van der Waals surface area (Å²) in [5, 5.41) is 11.3. The third-order valence-electron chi connectivity index (χ3n) is 2.04. The van der Waals surface area contributed by atoms with Crippen molar-refractivity contribution in [1.82, 2.24) is 10.2 Å². The second-order valence-electron chi connectivity index (χ2n) is 3.27. The number of carbonyl (C=O) groups excluding carboxylic acids is 1. The lowest BCUT2D eigenvalue weighted by molar-refractivity contribution is -0.137. The van der Waals surface area contributed by atoms with E-state index < -0.39 is 5.97 Å². The van der Waals surface area contributed by atoms with E-state index >= 15 is 0 Å². The molecule has 0 aliphatic heterocycles. The van der Waals surface area contributed by atoms with Gasteiger partial charge in [0.25, 0.3) is 0 Å². The van der Waals surface area contributed by atoms with Crippen molar-refractivity contribution < 1.29 is 14.7 Å². The van der Waals surface area contributed by atoms with Gasteiger partial charge in [-0.3, -0.25) is 4.79 Å². The predicted octanol–water partition coefficient (Wildman–Crippen LogP) is 2.13. The van der Waals surface area contributed by atoms with Crippen LogP contribution in [0.15, 0.2) is 15.9 Å². The number of carboxylic acid groups (broad SMARTS) is 1. The molecule has 2 amide bonds. The normalized spacial score (nSPS) is 10.0. The van der Waals surface area contributed by atoms with Crippen LogP contribution in [0.1, 0.15) is 11.8 Å². The van der Waals surface area contributed by atoms with E-state index in [4.69, 9.17) is 5.11 Å². The van der Waals surface area contributed by atoms with Gasteiger partial charge in [-0.15, -0.1) is 11.3 Å². The zero-order valence-corrected chi connectivity index (χ0v) is 11.7. The number of hydrogen-bond donors (Lipinski definition) is 2. The Morgan fingerprint density at radius 2 is 2.24 bits per heavy atom. The number of nitrogens with one attached hydrogen (secondary N) is 1. The first kappa shape index (κ1) is 14.0. The van der Waals surface area contributed by atoms with E-state index in [2.05, 4.69) is 21.2 Å². The summed E-state index contributed by atoms with van der Waals surface area (Å²) in [6, 6.07) is 3.45. The molecule has 0 atom stereocenters. The van der Waals surface area contributed by atoms with Gasteiger partial charge in [-0.05, 0) is 35.0 Å². The molecule has 7 heteroatoms. The van der Waals surface area contributed by atoms with Crippen LogP contribution in [0.5, 0.6) is 0 Å². The molecule has 94 valence electrons. The largest absolute Gasteiger partial charge is 0.480 e. The molecule has 0 aliphatic carbocycles. The number of carboxylic acids is 1. The van der Waals surface area contributed by atoms with Crippen LogP contribution in [0.25, 0.3) is 0 Å². The van der Waals surface area contributed by atoms with Crippen LogP contribution in [-0.4, -0.2) is 35.1 Å². The highest BCUT2D eigenvalue weighted by Crippen LogP contribution is 2.21. The number of likely N-dealkylation sites (N-methyl/N-ethyl adjacent to an activating group) is 1. The molecular weight excluding hydrogens is 308 g/mol. The number of urea groups is 1. The van der Waals surface area contributed by atoms with Crippen LogP contribution in [0.4, 0.5) is 4.79 Å². The molecule has 0 fully saturated rings. The van der Waals surface area contributed by atoms with E-state index in [-0.39, 0.29) is 12.6 Å². The SMILES string of the molecule is CCN(CC(=O)O)C(=O)NCc1ccc(Br)s1. The van der Waals surface area contributed by atoms with Gasteiger partial charge in [0.1, 0.15) is 6.54 Å². The minimum Gasteiger partial charge on any atom is -0.480 e. The molecular formula is C10H13BrN2O3S. The highest BCUT2D eigenvalue weighted by atomic mass is 79.9. The first-order valence-electron chi connectivity index (χ1n) is 5.01. The summed E-state index contributed by atoms with van der Waals surface area (Å²) in [5.74, 6) is -1.01. The third kappa shape index (κ3) is 4.74. The van der Waals surface area contributed by atoms with Gasteiger partial charge in [-0.1, -0.05) is 0 Å². The van der Waals surface area contributed by atoms with Crippen molar-refractivity contribution >= 4 is 39.3 Å². The Kier molecular flexibility index (Phi) is 5.43. The highest BCUT2D eigenvalue weighted by molar-refractivity contribution is 9.11. The van der Waals surface area contributed by atoms with Gasteiger partial charge in [0.05, 0.1) is 10.3 Å². The number of thiophene rings is 1. The molecule has 2 N–H and O–H groups in total. The summed E-state index contributed by atoms with van der Waals surface area (Å²) in [6.45, 7) is 2.23. The fourth-order valence-corrected chi connectivity index (χ4v) is 2.63. The number of hydrogen-bond acceptors (Lipinski definition) is 3. The van der Waals surface area contributed by atoms with Crippen LogP contribution in [0.2, 0.25) is 0 Å². The third-order valence-corrected chi connectivity index (χ3v) is 3.66. The lowest BCUT2D eigenvalue weighted by Crippen LogP contribution is -2.42. The second-order valence-corrected chi connectivity index (χ2v) is 5.82. The fourth-order valence-electron chi connectivity index (χ4n) is 1.21. The first-order valence-corrected chi connectivity index (χ1v) is 6.62. The van der Waals surface area contributed by atoms with Gasteiger partial charge < -0.3 is 15.3 Å². The van der Waals surface area contributed by atoms with Crippen molar-refractivity contribution in [3.05, 3.63) is 20.8 Å². The number of carbonyl (C=O) groups is 2. The van der Waals surface area contributed by atoms with Gasteiger partial charge >= 0.3 is 12.0 Å². The molecule has 0 aliphatic rings. The van der Waals surface area contributed by atoms with Crippen LogP contribution in [0, 0.1) is 0 Å². The highest BCUT2D eigenvalue weighted by Gasteiger charge is 2.14. The average molecular weight is 321 g/mol. The van der Waals surface area contributed by atoms with E-state index in [9.17, 15) is 9.59 Å². The number of amides is 2. The summed E-state index contributed by atoms with van der Waals surface area (Å²) in [5.41, 5.74) is 0. The minimum absolute atomic E-state index is 0.281. The van der Waals surface area contributed by atoms with Gasteiger partial charge in [0, 0.05) is 11.4 Å². The zero-order chi connectivity index (χ0) is 12.8. The topological polar surface area (TPSA) is 69.6 Å². The Balaban J connectivity index is 2.44. The van der Waals surface area contributed by atoms with Crippen molar-refractivity contribution in [2.45, 2.75) is 13.5 Å². The van der Waals surface area contributed by atoms with Gasteiger partial charge in [-0.2, -0.15) is 0 Å². The smallest absolute Gasteiger partial charge is 0.323 e. The predicted molar refractivity (Wildman–Crippen MR) is 69.1 cm³/mol. The number of nitrogens with zero attached hydrogens (tertiary/aromatic N) is 1. The summed E-state index contributed by atoms with van der Waals surface area (Å²) in [4.78, 5) is 24.4. The molecule has 0 aromatic carbocycles. The van der Waals surface area contributed by atoms with Crippen LogP contribution in [-0.2, 0) is 11.3 Å². The zero-order valence-electron chi connectivity index (χ0n) is 9.27. The van der Waals surface area contributed by atoms with Gasteiger partial charge in [0.2, 0.25) is 0 Å². The Hall–Kier alpha value is -1.08. The van der Waals surface area contributed by atoms with E-state index in [0.717, 1.165) is 8.66 Å². The molecule has 1 aromatic rings. The summed E-state index contributed by atoms with van der Waals surface area (Å²) < 4.78 is 1.000. The summed E-state index contributed by atoms with van der Waals surface area (Å²) in [6.07, 6.45) is 0. The molecule has 17 heavy (non-hydrogen) atoms. The number of halogens is 1. The number of rotatable bonds is 5. The maximum absolute atomic E-state index is 11.6. The molecule has 0 saturated carbocycles. The molecule has 5 nitrogen and oxygen atoms in total. The Morgan fingerprint density at radius 1 is 1.53 bits per heavy atom. The molecule has 1 heterocycles. The Bertz CT molecular complexity index is 408. The Morgan fingerprint density at radius 3 is 2.71 bits per heavy atom. The minimum atomic E-state index is -1.01. The number of aliphatic carboxylic acids is 1. The van der Waals surface area contributed by atoms with Crippen molar-refractivity contribution in [3.8, 4) is 0 Å². The van der Waals surface area contributed by atoms with Gasteiger partial charge in [-0.25, -0.2) is 4.79 Å². The van der Waals surface area contributed by atoms with Crippen LogP contribution < -0.4 is 5.32 Å². The van der Waals surface area contributed by atoms with Crippen molar-refractivity contribution in [2.24, 2.45) is 0 Å². The van der Waals surface area contributed by atoms with E-state index in [0.29, 0.717) is 13.1 Å². The molecule has 0 bridgehead atoms. The molecule has 0 radical (unpaired) electrons. The molecule has 0 saturated heterocycles. The summed E-state index contributed by atoms with van der Waals surface area (Å²) in [7, 11) is 0. The Labute approximate surface area is 112 Å². The second kappa shape index (κ2) is 6.61. The van der Waals surface area contributed by atoms with Crippen molar-refractivity contribution in [2.75, 3.05) is 13.1 Å². The standard InChI is InChI=1S/C10H13BrN2O3S/c1-2-13(6-9(14)15)10(16)12-5-7-3-4-8(11)17-7/h3-4H,2,5-6H2,1H3,(H,12,16)(H,14,15). The lowest BCUT2D eigenvalue weighted by Gasteiger charge is -2.18. The average Bonchev–Trinajstić information content (AvgIpc) is 2.68.